The van der Waals surface area contributed by atoms with Crippen molar-refractivity contribution in [2.75, 3.05) is 36.4 Å². The Morgan fingerprint density at radius 1 is 0.917 bits per heavy atom. The number of amides is 1. The molecule has 0 bridgehead atoms. The SMILES string of the molecule is Cn1c(=O)n(CCN2CCCC2=O)c2ccc(Nc3ccc(N4CCC(C(F)(F)F)CC4)cc3)cc21. The Labute approximate surface area is 207 Å². The molecule has 3 aromatic rings. The minimum Gasteiger partial charge on any atom is -0.372 e. The smallest absolute Gasteiger partial charge is 0.372 e. The van der Waals surface area contributed by atoms with Crippen LogP contribution in [0.2, 0.25) is 0 Å². The number of piperidine rings is 1. The highest BCUT2D eigenvalue weighted by atomic mass is 19.4. The summed E-state index contributed by atoms with van der Waals surface area (Å²) in [6.07, 6.45) is -2.42. The summed E-state index contributed by atoms with van der Waals surface area (Å²) >= 11 is 0. The molecule has 2 aliphatic heterocycles. The lowest BCUT2D eigenvalue weighted by atomic mass is 9.96. The number of hydrogen-bond donors (Lipinski definition) is 1. The van der Waals surface area contributed by atoms with Crippen molar-refractivity contribution in [1.29, 1.82) is 0 Å². The molecule has 192 valence electrons. The van der Waals surface area contributed by atoms with Crippen LogP contribution < -0.4 is 15.9 Å². The molecule has 0 radical (unpaired) electrons. The average molecular weight is 502 g/mol. The van der Waals surface area contributed by atoms with E-state index in [1.807, 2.05) is 52.3 Å². The van der Waals surface area contributed by atoms with E-state index in [1.165, 1.54) is 0 Å². The quantitative estimate of drug-likeness (QED) is 0.541. The van der Waals surface area contributed by atoms with E-state index in [0.29, 0.717) is 32.6 Å². The number of imidazole rings is 1. The highest BCUT2D eigenvalue weighted by molar-refractivity contribution is 5.82. The summed E-state index contributed by atoms with van der Waals surface area (Å²) in [6.45, 7) is 2.51. The molecule has 2 saturated heterocycles. The van der Waals surface area contributed by atoms with Crippen LogP contribution in [0.1, 0.15) is 25.7 Å². The van der Waals surface area contributed by atoms with Gasteiger partial charge in [-0.2, -0.15) is 13.2 Å². The molecule has 2 fully saturated rings. The minimum atomic E-state index is -4.11. The molecule has 0 unspecified atom stereocenters. The zero-order valence-electron chi connectivity index (χ0n) is 20.2. The highest BCUT2D eigenvalue weighted by Gasteiger charge is 2.41. The molecule has 2 aromatic carbocycles. The summed E-state index contributed by atoms with van der Waals surface area (Å²) < 4.78 is 42.1. The van der Waals surface area contributed by atoms with E-state index in [4.69, 9.17) is 0 Å². The number of anilines is 3. The first-order valence-corrected chi connectivity index (χ1v) is 12.4. The third-order valence-corrected chi connectivity index (χ3v) is 7.39. The number of nitrogens with zero attached hydrogens (tertiary/aromatic N) is 4. The van der Waals surface area contributed by atoms with E-state index in [2.05, 4.69) is 5.32 Å². The number of carbonyl (C=O) groups is 1. The predicted molar refractivity (Wildman–Crippen MR) is 134 cm³/mol. The van der Waals surface area contributed by atoms with Gasteiger partial charge in [0.2, 0.25) is 5.91 Å². The third-order valence-electron chi connectivity index (χ3n) is 7.39. The van der Waals surface area contributed by atoms with Crippen molar-refractivity contribution in [1.82, 2.24) is 14.0 Å². The van der Waals surface area contributed by atoms with Crippen LogP contribution in [0.5, 0.6) is 0 Å². The highest BCUT2D eigenvalue weighted by Crippen LogP contribution is 2.35. The lowest BCUT2D eigenvalue weighted by molar-refractivity contribution is -0.179. The number of hydrogen-bond acceptors (Lipinski definition) is 4. The minimum absolute atomic E-state index is 0.118. The number of nitrogens with one attached hydrogen (secondary N) is 1. The molecule has 1 amide bonds. The Balaban J connectivity index is 1.26. The molecular formula is C26H30F3N5O2. The van der Waals surface area contributed by atoms with Crippen LogP contribution in [-0.2, 0) is 18.4 Å². The van der Waals surface area contributed by atoms with Gasteiger partial charge in [0.25, 0.3) is 0 Å². The van der Waals surface area contributed by atoms with Gasteiger partial charge >= 0.3 is 11.9 Å². The summed E-state index contributed by atoms with van der Waals surface area (Å²) in [6, 6.07) is 13.4. The summed E-state index contributed by atoms with van der Waals surface area (Å²) in [5, 5.41) is 3.35. The Morgan fingerprint density at radius 3 is 2.25 bits per heavy atom. The van der Waals surface area contributed by atoms with Gasteiger partial charge in [0.15, 0.2) is 0 Å². The van der Waals surface area contributed by atoms with Gasteiger partial charge in [0.1, 0.15) is 0 Å². The molecule has 3 heterocycles. The molecule has 2 aliphatic rings. The van der Waals surface area contributed by atoms with Crippen molar-refractivity contribution < 1.29 is 18.0 Å². The van der Waals surface area contributed by atoms with Gasteiger partial charge in [0, 0.05) is 63.3 Å². The topological polar surface area (TPSA) is 62.5 Å². The number of aromatic nitrogens is 2. The van der Waals surface area contributed by atoms with Crippen LogP contribution >= 0.6 is 0 Å². The van der Waals surface area contributed by atoms with Crippen molar-refractivity contribution in [3.8, 4) is 0 Å². The molecule has 10 heteroatoms. The van der Waals surface area contributed by atoms with Crippen LogP contribution in [0.15, 0.2) is 47.3 Å². The van der Waals surface area contributed by atoms with E-state index in [1.54, 1.807) is 16.2 Å². The summed E-state index contributed by atoms with van der Waals surface area (Å²) in [5.41, 5.74) is 4.07. The van der Waals surface area contributed by atoms with Crippen molar-refractivity contribution in [2.45, 2.75) is 38.4 Å². The van der Waals surface area contributed by atoms with Gasteiger partial charge in [-0.1, -0.05) is 0 Å². The van der Waals surface area contributed by atoms with Gasteiger partial charge in [0.05, 0.1) is 17.0 Å². The van der Waals surface area contributed by atoms with Gasteiger partial charge in [-0.25, -0.2) is 4.79 Å². The van der Waals surface area contributed by atoms with Crippen LogP contribution in [0, 0.1) is 5.92 Å². The molecule has 0 atom stereocenters. The van der Waals surface area contributed by atoms with E-state index < -0.39 is 12.1 Å². The number of rotatable bonds is 6. The largest absolute Gasteiger partial charge is 0.391 e. The first-order chi connectivity index (χ1) is 17.2. The summed E-state index contributed by atoms with van der Waals surface area (Å²) in [4.78, 5) is 28.6. The fraction of sp³-hybridized carbons (Fsp3) is 0.462. The predicted octanol–water partition coefficient (Wildman–Crippen LogP) is 4.48. The lowest BCUT2D eigenvalue weighted by Gasteiger charge is -2.34. The molecule has 0 aliphatic carbocycles. The first kappa shape index (κ1) is 24.3. The van der Waals surface area contributed by atoms with Crippen molar-refractivity contribution >= 4 is 34.0 Å². The number of carbonyl (C=O) groups excluding carboxylic acids is 1. The maximum Gasteiger partial charge on any atom is 0.391 e. The fourth-order valence-corrected chi connectivity index (χ4v) is 5.25. The zero-order valence-corrected chi connectivity index (χ0v) is 20.2. The van der Waals surface area contributed by atoms with Gasteiger partial charge in [-0.3, -0.25) is 13.9 Å². The van der Waals surface area contributed by atoms with E-state index >= 15 is 0 Å². The zero-order chi connectivity index (χ0) is 25.4. The van der Waals surface area contributed by atoms with Crippen LogP contribution in [0.4, 0.5) is 30.2 Å². The van der Waals surface area contributed by atoms with Crippen LogP contribution in [-0.4, -0.2) is 52.3 Å². The monoisotopic (exact) mass is 501 g/mol. The van der Waals surface area contributed by atoms with Crippen molar-refractivity contribution in [2.24, 2.45) is 13.0 Å². The second kappa shape index (κ2) is 9.55. The second-order valence-corrected chi connectivity index (χ2v) is 9.66. The lowest BCUT2D eigenvalue weighted by Crippen LogP contribution is -2.38. The molecular weight excluding hydrogens is 471 g/mol. The summed E-state index contributed by atoms with van der Waals surface area (Å²) in [7, 11) is 1.74. The Bertz CT molecular complexity index is 1300. The maximum absolute atomic E-state index is 12.9. The number of benzene rings is 2. The first-order valence-electron chi connectivity index (χ1n) is 12.4. The Morgan fingerprint density at radius 2 is 1.61 bits per heavy atom. The number of alkyl halides is 3. The molecule has 1 N–H and O–H groups in total. The van der Waals surface area contributed by atoms with E-state index in [9.17, 15) is 22.8 Å². The van der Waals surface area contributed by atoms with Crippen LogP contribution in [0.3, 0.4) is 0 Å². The molecule has 36 heavy (non-hydrogen) atoms. The molecule has 5 rings (SSSR count). The molecule has 0 spiro atoms. The fourth-order valence-electron chi connectivity index (χ4n) is 5.25. The molecule has 7 nitrogen and oxygen atoms in total. The summed E-state index contributed by atoms with van der Waals surface area (Å²) in [5.74, 6) is -1.07. The van der Waals surface area contributed by atoms with E-state index in [-0.39, 0.29) is 24.4 Å². The number of likely N-dealkylation sites (tertiary alicyclic amines) is 1. The standard InChI is InChI=1S/C26H30F3N5O2/c1-31-23-17-20(6-9-22(23)34(25(31)36)16-15-33-12-2-3-24(33)35)30-19-4-7-21(8-5-19)32-13-10-18(11-14-32)26(27,28)29/h4-9,17-18,30H,2-3,10-16H2,1H3. The maximum atomic E-state index is 12.9. The van der Waals surface area contributed by atoms with Gasteiger partial charge in [-0.15, -0.1) is 0 Å². The van der Waals surface area contributed by atoms with Gasteiger partial charge in [-0.05, 0) is 61.7 Å². The van der Waals surface area contributed by atoms with Gasteiger partial charge < -0.3 is 15.1 Å². The third kappa shape index (κ3) is 4.81. The second-order valence-electron chi connectivity index (χ2n) is 9.66. The number of aryl methyl sites for hydroxylation is 1. The van der Waals surface area contributed by atoms with Crippen molar-refractivity contribution in [3.63, 3.8) is 0 Å². The Kier molecular flexibility index (Phi) is 6.44. The Hall–Kier alpha value is -3.43. The molecule has 0 saturated carbocycles. The normalized spacial score (nSPS) is 17.4. The number of halogens is 3. The van der Waals surface area contributed by atoms with Crippen molar-refractivity contribution in [3.05, 3.63) is 52.9 Å². The number of fused-ring (bicyclic) bond motifs is 1. The average Bonchev–Trinajstić information content (AvgIpc) is 3.38. The van der Waals surface area contributed by atoms with E-state index in [0.717, 1.165) is 41.1 Å². The molecule has 1 aromatic heterocycles. The van der Waals surface area contributed by atoms with Crippen LogP contribution in [0.25, 0.3) is 11.0 Å².